The van der Waals surface area contributed by atoms with E-state index in [1.54, 1.807) is 46.1 Å². The van der Waals surface area contributed by atoms with Crippen LogP contribution in [0.4, 0.5) is 0 Å². The van der Waals surface area contributed by atoms with Crippen LogP contribution in [-0.4, -0.2) is 45.2 Å². The summed E-state index contributed by atoms with van der Waals surface area (Å²) in [6.07, 6.45) is 3.68. The van der Waals surface area contributed by atoms with Crippen molar-refractivity contribution in [2.45, 2.75) is 58.5 Å². The molecule has 1 aromatic rings. The number of benzene rings is 1. The molecule has 1 rings (SSSR count). The zero-order valence-electron chi connectivity index (χ0n) is 18.4. The number of hydrogen-bond acceptors (Lipinski definition) is 7. The first-order valence-electron chi connectivity index (χ1n) is 10.4. The largest absolute Gasteiger partial charge is 0.497 e. The van der Waals surface area contributed by atoms with Gasteiger partial charge in [-0.05, 0) is 45.7 Å². The van der Waals surface area contributed by atoms with E-state index in [2.05, 4.69) is 0 Å². The van der Waals surface area contributed by atoms with Crippen molar-refractivity contribution < 1.29 is 32.6 Å². The van der Waals surface area contributed by atoms with Crippen molar-refractivity contribution in [2.24, 2.45) is 0 Å². The standard InChI is InChI=1S/C21H34ClO7P/c1-5-26-21(23)20(30(24,28-6-2)29-7-3)12-10-8-9-11-15-27-19-14-13-17(25-4)16-18(19)22/h13-14,16,20H,5-12,15H2,1-4H3. The molecule has 0 N–H and O–H groups in total. The van der Waals surface area contributed by atoms with Crippen molar-refractivity contribution in [1.82, 2.24) is 0 Å². The summed E-state index contributed by atoms with van der Waals surface area (Å²) in [5, 5.41) is 0.509. The maximum Gasteiger partial charge on any atom is 0.344 e. The van der Waals surface area contributed by atoms with Crippen LogP contribution in [0.5, 0.6) is 11.5 Å². The van der Waals surface area contributed by atoms with Crippen LogP contribution < -0.4 is 9.47 Å². The number of ether oxygens (including phenoxy) is 3. The molecule has 0 bridgehead atoms. The Bertz CT molecular complexity index is 673. The summed E-state index contributed by atoms with van der Waals surface area (Å²) in [6.45, 7) is 6.34. The van der Waals surface area contributed by atoms with E-state index in [1.165, 1.54) is 0 Å². The first-order chi connectivity index (χ1) is 14.4. The minimum atomic E-state index is -3.55. The van der Waals surface area contributed by atoms with Crippen LogP contribution in [0.15, 0.2) is 18.2 Å². The topological polar surface area (TPSA) is 80.3 Å². The van der Waals surface area contributed by atoms with Gasteiger partial charge in [0.2, 0.25) is 0 Å². The number of esters is 1. The first kappa shape index (κ1) is 26.8. The van der Waals surface area contributed by atoms with Gasteiger partial charge in [-0.1, -0.05) is 30.9 Å². The molecule has 1 aromatic carbocycles. The van der Waals surface area contributed by atoms with Gasteiger partial charge < -0.3 is 23.3 Å². The van der Waals surface area contributed by atoms with Crippen LogP contribution in [0.3, 0.4) is 0 Å². The fourth-order valence-electron chi connectivity index (χ4n) is 2.92. The smallest absolute Gasteiger partial charge is 0.344 e. The number of methoxy groups -OCH3 is 1. The summed E-state index contributed by atoms with van der Waals surface area (Å²) in [4.78, 5) is 12.3. The highest BCUT2D eigenvalue weighted by Crippen LogP contribution is 2.55. The Morgan fingerprint density at radius 2 is 1.70 bits per heavy atom. The number of rotatable bonds is 16. The molecule has 0 aromatic heterocycles. The molecule has 0 radical (unpaired) electrons. The van der Waals surface area contributed by atoms with Crippen LogP contribution in [0.1, 0.15) is 52.9 Å². The van der Waals surface area contributed by atoms with Crippen molar-refractivity contribution in [3.05, 3.63) is 23.2 Å². The van der Waals surface area contributed by atoms with Crippen molar-refractivity contribution in [3.8, 4) is 11.5 Å². The third-order valence-electron chi connectivity index (χ3n) is 4.33. The van der Waals surface area contributed by atoms with Gasteiger partial charge in [0.25, 0.3) is 0 Å². The predicted molar refractivity (Wildman–Crippen MR) is 118 cm³/mol. The van der Waals surface area contributed by atoms with Gasteiger partial charge >= 0.3 is 13.6 Å². The monoisotopic (exact) mass is 464 g/mol. The summed E-state index contributed by atoms with van der Waals surface area (Å²) >= 11 is 6.16. The van der Waals surface area contributed by atoms with E-state index in [4.69, 9.17) is 34.9 Å². The second-order valence-corrected chi connectivity index (χ2v) is 9.12. The molecule has 0 spiro atoms. The maximum atomic E-state index is 13.0. The Morgan fingerprint density at radius 1 is 1.03 bits per heavy atom. The molecule has 0 heterocycles. The van der Waals surface area contributed by atoms with Crippen molar-refractivity contribution in [3.63, 3.8) is 0 Å². The summed E-state index contributed by atoms with van der Waals surface area (Å²) in [6, 6.07) is 5.29. The Hall–Kier alpha value is -1.27. The minimum absolute atomic E-state index is 0.207. The van der Waals surface area contributed by atoms with E-state index in [0.29, 0.717) is 36.0 Å². The Morgan fingerprint density at radius 3 is 2.27 bits per heavy atom. The highest BCUT2D eigenvalue weighted by Gasteiger charge is 2.41. The van der Waals surface area contributed by atoms with Gasteiger partial charge in [-0.3, -0.25) is 9.36 Å². The third kappa shape index (κ3) is 8.84. The second kappa shape index (κ2) is 14.7. The molecule has 0 amide bonds. The van der Waals surface area contributed by atoms with Crippen molar-refractivity contribution >= 4 is 25.2 Å². The van der Waals surface area contributed by atoms with Crippen LogP contribution in [0, 0.1) is 0 Å². The quantitative estimate of drug-likeness (QED) is 0.172. The molecule has 172 valence electrons. The third-order valence-corrected chi connectivity index (χ3v) is 7.09. The number of carbonyl (C=O) groups excluding carboxylic acids is 1. The summed E-state index contributed by atoms with van der Waals surface area (Å²) < 4.78 is 39.7. The highest BCUT2D eigenvalue weighted by molar-refractivity contribution is 7.55. The summed E-state index contributed by atoms with van der Waals surface area (Å²) in [7, 11) is -1.97. The van der Waals surface area contributed by atoms with E-state index in [0.717, 1.165) is 19.3 Å². The number of hydrogen-bond donors (Lipinski definition) is 0. The minimum Gasteiger partial charge on any atom is -0.497 e. The summed E-state index contributed by atoms with van der Waals surface area (Å²) in [5.74, 6) is 0.773. The molecule has 0 aliphatic carbocycles. The zero-order valence-corrected chi connectivity index (χ0v) is 20.0. The normalized spacial score (nSPS) is 12.4. The second-order valence-electron chi connectivity index (χ2n) is 6.49. The molecule has 9 heteroatoms. The molecule has 30 heavy (non-hydrogen) atoms. The Labute approximate surface area is 184 Å². The fraction of sp³-hybridized carbons (Fsp3) is 0.667. The van der Waals surface area contributed by atoms with Crippen LogP contribution in [0.25, 0.3) is 0 Å². The van der Waals surface area contributed by atoms with Crippen LogP contribution in [-0.2, 0) is 23.1 Å². The average molecular weight is 465 g/mol. The van der Waals surface area contributed by atoms with E-state index < -0.39 is 19.2 Å². The zero-order chi connectivity index (χ0) is 22.4. The Kier molecular flexibility index (Phi) is 13.1. The number of carbonyl (C=O) groups is 1. The van der Waals surface area contributed by atoms with Crippen LogP contribution >= 0.6 is 19.2 Å². The fourth-order valence-corrected chi connectivity index (χ4v) is 5.13. The number of unbranched alkanes of at least 4 members (excludes halogenated alkanes) is 3. The lowest BCUT2D eigenvalue weighted by molar-refractivity contribution is -0.143. The first-order valence-corrected chi connectivity index (χ1v) is 12.4. The van der Waals surface area contributed by atoms with Gasteiger partial charge in [0.15, 0.2) is 5.66 Å². The van der Waals surface area contributed by atoms with E-state index in [1.807, 2.05) is 0 Å². The molecule has 0 fully saturated rings. The van der Waals surface area contributed by atoms with Crippen molar-refractivity contribution in [1.29, 1.82) is 0 Å². The van der Waals surface area contributed by atoms with Crippen molar-refractivity contribution in [2.75, 3.05) is 33.5 Å². The maximum absolute atomic E-state index is 13.0. The molecule has 0 saturated carbocycles. The molecule has 0 aliphatic heterocycles. The van der Waals surface area contributed by atoms with Gasteiger partial charge in [0.1, 0.15) is 11.5 Å². The average Bonchev–Trinajstić information content (AvgIpc) is 2.71. The lowest BCUT2D eigenvalue weighted by Crippen LogP contribution is -2.26. The molecule has 7 nitrogen and oxygen atoms in total. The number of halogens is 1. The molecule has 1 atom stereocenters. The highest BCUT2D eigenvalue weighted by atomic mass is 35.5. The molecule has 0 saturated heterocycles. The van der Waals surface area contributed by atoms with Crippen LogP contribution in [0.2, 0.25) is 5.02 Å². The molecular formula is C21H34ClO7P. The molecule has 0 aliphatic rings. The van der Waals surface area contributed by atoms with E-state index >= 15 is 0 Å². The lowest BCUT2D eigenvalue weighted by Gasteiger charge is -2.24. The van der Waals surface area contributed by atoms with Gasteiger partial charge in [0.05, 0.1) is 38.6 Å². The van der Waals surface area contributed by atoms with Gasteiger partial charge in [-0.25, -0.2) is 0 Å². The van der Waals surface area contributed by atoms with Gasteiger partial charge in [-0.15, -0.1) is 0 Å². The van der Waals surface area contributed by atoms with E-state index in [9.17, 15) is 9.36 Å². The van der Waals surface area contributed by atoms with Gasteiger partial charge in [0, 0.05) is 6.07 Å². The molecule has 1 unspecified atom stereocenters. The Balaban J connectivity index is 2.45. The lowest BCUT2D eigenvalue weighted by atomic mass is 10.1. The SMILES string of the molecule is CCOC(=O)C(CCCCCCOc1ccc(OC)cc1Cl)P(=O)(OCC)OCC. The molecular weight excluding hydrogens is 431 g/mol. The summed E-state index contributed by atoms with van der Waals surface area (Å²) in [5.41, 5.74) is -0.897. The predicted octanol–water partition coefficient (Wildman–Crippen LogP) is 5.88. The van der Waals surface area contributed by atoms with Gasteiger partial charge in [-0.2, -0.15) is 0 Å². The van der Waals surface area contributed by atoms with E-state index in [-0.39, 0.29) is 19.8 Å².